The number of thiazole rings is 1. The van der Waals surface area contributed by atoms with Crippen molar-refractivity contribution < 1.29 is 9.53 Å². The molecule has 0 amide bonds. The number of hydrogen-bond acceptors (Lipinski definition) is 5. The zero-order chi connectivity index (χ0) is 14.5. The number of benzene rings is 1. The molecule has 20 heavy (non-hydrogen) atoms. The Kier molecular flexibility index (Phi) is 4.66. The molecule has 0 spiro atoms. The van der Waals surface area contributed by atoms with Gasteiger partial charge in [-0.1, -0.05) is 28.1 Å². The second-order valence-electron chi connectivity index (χ2n) is 3.75. The van der Waals surface area contributed by atoms with Crippen LogP contribution >= 0.6 is 27.3 Å². The predicted octanol–water partition coefficient (Wildman–Crippen LogP) is 3.65. The van der Waals surface area contributed by atoms with E-state index in [1.54, 1.807) is 11.4 Å². The van der Waals surface area contributed by atoms with Gasteiger partial charge in [0.15, 0.2) is 0 Å². The molecule has 0 atom stereocenters. The van der Waals surface area contributed by atoms with Crippen LogP contribution in [0.2, 0.25) is 0 Å². The molecule has 0 saturated carbocycles. The Morgan fingerprint density at radius 1 is 1.55 bits per heavy atom. The number of methoxy groups -OCH3 is 1. The normalized spacial score (nSPS) is 10.9. The molecule has 100 valence electrons. The highest BCUT2D eigenvalue weighted by molar-refractivity contribution is 9.10. The van der Waals surface area contributed by atoms with Crippen LogP contribution in [0.4, 0.5) is 0 Å². The maximum Gasteiger partial charge on any atom is 0.348 e. The predicted molar refractivity (Wildman–Crippen MR) is 80.9 cm³/mol. The molecule has 1 heterocycles. The van der Waals surface area contributed by atoms with E-state index < -0.39 is 5.97 Å². The van der Waals surface area contributed by atoms with Crippen LogP contribution in [0.1, 0.15) is 5.69 Å². The molecule has 6 heteroatoms. The van der Waals surface area contributed by atoms with Gasteiger partial charge in [0.25, 0.3) is 0 Å². The van der Waals surface area contributed by atoms with Gasteiger partial charge in [-0.15, -0.1) is 11.3 Å². The Morgan fingerprint density at radius 2 is 2.35 bits per heavy atom. The molecule has 0 aliphatic carbocycles. The summed E-state index contributed by atoms with van der Waals surface area (Å²) in [7, 11) is 1.24. The van der Waals surface area contributed by atoms with E-state index in [2.05, 4.69) is 25.7 Å². The minimum absolute atomic E-state index is 0.0707. The molecule has 0 fully saturated rings. The standard InChI is InChI=1S/C14H9BrN2O2S/c1-19-14(18)10(7-16)6-12-8-20-13(17-12)9-3-2-4-11(15)5-9/h2-6,8H,1H3/b10-6+. The smallest absolute Gasteiger partial charge is 0.348 e. The zero-order valence-corrected chi connectivity index (χ0v) is 12.9. The van der Waals surface area contributed by atoms with Gasteiger partial charge >= 0.3 is 5.97 Å². The van der Waals surface area contributed by atoms with Crippen LogP contribution in [0.5, 0.6) is 0 Å². The molecule has 0 aliphatic heterocycles. The number of aromatic nitrogens is 1. The molecule has 1 aromatic heterocycles. The lowest BCUT2D eigenvalue weighted by atomic mass is 10.2. The summed E-state index contributed by atoms with van der Waals surface area (Å²) in [5.74, 6) is -0.662. The molecule has 2 aromatic rings. The largest absolute Gasteiger partial charge is 0.465 e. The number of carbonyl (C=O) groups excluding carboxylic acids is 1. The SMILES string of the molecule is COC(=O)/C(C#N)=C/c1csc(-c2cccc(Br)c2)n1. The lowest BCUT2D eigenvalue weighted by molar-refractivity contribution is -0.135. The molecule has 0 bridgehead atoms. The number of esters is 1. The fourth-order valence-corrected chi connectivity index (χ4v) is 2.67. The Labute approximate surface area is 128 Å². The first kappa shape index (κ1) is 14.4. The highest BCUT2D eigenvalue weighted by atomic mass is 79.9. The average molecular weight is 349 g/mol. The summed E-state index contributed by atoms with van der Waals surface area (Å²) >= 11 is 4.85. The van der Waals surface area contributed by atoms with Crippen molar-refractivity contribution in [3.8, 4) is 16.6 Å². The van der Waals surface area contributed by atoms with E-state index >= 15 is 0 Å². The van der Waals surface area contributed by atoms with Crippen molar-refractivity contribution in [2.75, 3.05) is 7.11 Å². The third-order valence-electron chi connectivity index (χ3n) is 2.41. The molecule has 4 nitrogen and oxygen atoms in total. The van der Waals surface area contributed by atoms with Crippen molar-refractivity contribution in [1.82, 2.24) is 4.98 Å². The third kappa shape index (κ3) is 3.32. The van der Waals surface area contributed by atoms with Gasteiger partial charge < -0.3 is 4.74 Å². The molecule has 2 rings (SSSR count). The van der Waals surface area contributed by atoms with Gasteiger partial charge in [-0.2, -0.15) is 5.26 Å². The fraction of sp³-hybridized carbons (Fsp3) is 0.0714. The number of carbonyl (C=O) groups is 1. The quantitative estimate of drug-likeness (QED) is 0.482. The number of hydrogen-bond donors (Lipinski definition) is 0. The number of nitrogens with zero attached hydrogens (tertiary/aromatic N) is 2. The van der Waals surface area contributed by atoms with Crippen molar-refractivity contribution in [3.63, 3.8) is 0 Å². The maximum absolute atomic E-state index is 11.3. The Morgan fingerprint density at radius 3 is 3.00 bits per heavy atom. The minimum Gasteiger partial charge on any atom is -0.465 e. The molecule has 0 saturated heterocycles. The van der Waals surface area contributed by atoms with E-state index in [0.717, 1.165) is 15.0 Å². The van der Waals surface area contributed by atoms with E-state index in [1.807, 2.05) is 24.3 Å². The van der Waals surface area contributed by atoms with Gasteiger partial charge in [-0.05, 0) is 18.2 Å². The highest BCUT2D eigenvalue weighted by Crippen LogP contribution is 2.26. The molecule has 0 radical (unpaired) electrons. The van der Waals surface area contributed by atoms with Crippen molar-refractivity contribution in [1.29, 1.82) is 5.26 Å². The van der Waals surface area contributed by atoms with Gasteiger partial charge in [-0.3, -0.25) is 0 Å². The zero-order valence-electron chi connectivity index (χ0n) is 10.5. The summed E-state index contributed by atoms with van der Waals surface area (Å²) in [6, 6.07) is 9.56. The maximum atomic E-state index is 11.3. The molecule has 1 aromatic carbocycles. The fourth-order valence-electron chi connectivity index (χ4n) is 1.50. The molecule has 0 N–H and O–H groups in total. The molecule has 0 aliphatic rings. The lowest BCUT2D eigenvalue weighted by Crippen LogP contribution is -2.02. The van der Waals surface area contributed by atoms with Gasteiger partial charge in [0.1, 0.15) is 16.6 Å². The number of rotatable bonds is 3. The van der Waals surface area contributed by atoms with Crippen LogP contribution < -0.4 is 0 Å². The van der Waals surface area contributed by atoms with Crippen LogP contribution in [0.25, 0.3) is 16.6 Å². The summed E-state index contributed by atoms with van der Waals surface area (Å²) in [5.41, 5.74) is 1.46. The van der Waals surface area contributed by atoms with Gasteiger partial charge in [0, 0.05) is 15.4 Å². The Balaban J connectivity index is 2.32. The minimum atomic E-state index is -0.662. The summed E-state index contributed by atoms with van der Waals surface area (Å²) in [6.45, 7) is 0. The number of ether oxygens (including phenoxy) is 1. The number of nitriles is 1. The molecular formula is C14H9BrN2O2S. The lowest BCUT2D eigenvalue weighted by Gasteiger charge is -1.96. The monoisotopic (exact) mass is 348 g/mol. The van der Waals surface area contributed by atoms with E-state index in [-0.39, 0.29) is 5.57 Å². The highest BCUT2D eigenvalue weighted by Gasteiger charge is 2.10. The van der Waals surface area contributed by atoms with E-state index in [9.17, 15) is 4.79 Å². The van der Waals surface area contributed by atoms with Crippen molar-refractivity contribution >= 4 is 39.3 Å². The van der Waals surface area contributed by atoms with E-state index in [4.69, 9.17) is 5.26 Å². The average Bonchev–Trinajstić information content (AvgIpc) is 2.92. The third-order valence-corrected chi connectivity index (χ3v) is 3.81. The van der Waals surface area contributed by atoms with Crippen LogP contribution in [0, 0.1) is 11.3 Å². The second-order valence-corrected chi connectivity index (χ2v) is 5.52. The van der Waals surface area contributed by atoms with Gasteiger partial charge in [-0.25, -0.2) is 9.78 Å². The first-order chi connectivity index (χ1) is 9.63. The summed E-state index contributed by atoms with van der Waals surface area (Å²) in [5, 5.41) is 11.5. The van der Waals surface area contributed by atoms with Crippen LogP contribution in [-0.4, -0.2) is 18.1 Å². The topological polar surface area (TPSA) is 63.0 Å². The van der Waals surface area contributed by atoms with Crippen LogP contribution in [0.3, 0.4) is 0 Å². The first-order valence-electron chi connectivity index (χ1n) is 5.55. The van der Waals surface area contributed by atoms with Crippen molar-refractivity contribution in [3.05, 3.63) is 45.4 Å². The Bertz CT molecular complexity index is 716. The first-order valence-corrected chi connectivity index (χ1v) is 7.23. The van der Waals surface area contributed by atoms with Crippen molar-refractivity contribution in [2.45, 2.75) is 0 Å². The summed E-state index contributed by atoms with van der Waals surface area (Å²) in [6.07, 6.45) is 1.42. The van der Waals surface area contributed by atoms with E-state index in [0.29, 0.717) is 5.69 Å². The second kappa shape index (κ2) is 6.46. The van der Waals surface area contributed by atoms with Gasteiger partial charge in [0.05, 0.1) is 12.8 Å². The van der Waals surface area contributed by atoms with Crippen LogP contribution in [-0.2, 0) is 9.53 Å². The summed E-state index contributed by atoms with van der Waals surface area (Å²) in [4.78, 5) is 15.7. The van der Waals surface area contributed by atoms with Gasteiger partial charge in [0.2, 0.25) is 0 Å². The molecule has 0 unspecified atom stereocenters. The number of halogens is 1. The van der Waals surface area contributed by atoms with Crippen LogP contribution in [0.15, 0.2) is 39.7 Å². The van der Waals surface area contributed by atoms with E-state index in [1.165, 1.54) is 24.5 Å². The molecular weight excluding hydrogens is 340 g/mol. The van der Waals surface area contributed by atoms with Crippen molar-refractivity contribution in [2.24, 2.45) is 0 Å². The summed E-state index contributed by atoms with van der Waals surface area (Å²) < 4.78 is 5.49. The Hall–Kier alpha value is -1.97.